The number of nitrogens with zero attached hydrogens (tertiary/aromatic N) is 1. The zero-order valence-electron chi connectivity index (χ0n) is 11.6. The van der Waals surface area contributed by atoms with Crippen LogP contribution < -0.4 is 0 Å². The van der Waals surface area contributed by atoms with Crippen molar-refractivity contribution in [3.05, 3.63) is 34.3 Å². The molecule has 1 N–H and O–H groups in total. The number of aryl methyl sites for hydroxylation is 1. The van der Waals surface area contributed by atoms with Crippen LogP contribution in [0.25, 0.3) is 0 Å². The topological polar surface area (TPSA) is 57.6 Å². The van der Waals surface area contributed by atoms with Gasteiger partial charge in [0.1, 0.15) is 6.04 Å². The number of carboxylic acid groups (broad SMARTS) is 1. The molecule has 1 aliphatic heterocycles. The van der Waals surface area contributed by atoms with E-state index in [1.807, 2.05) is 13.8 Å². The van der Waals surface area contributed by atoms with Gasteiger partial charge in [0.25, 0.3) is 5.91 Å². The van der Waals surface area contributed by atoms with Gasteiger partial charge in [-0.1, -0.05) is 18.5 Å². The van der Waals surface area contributed by atoms with Crippen LogP contribution in [0.1, 0.15) is 35.7 Å². The molecule has 2 rings (SSSR count). The second-order valence-corrected chi connectivity index (χ2v) is 5.85. The average molecular weight is 296 g/mol. The summed E-state index contributed by atoms with van der Waals surface area (Å²) < 4.78 is 0. The summed E-state index contributed by atoms with van der Waals surface area (Å²) in [6, 6.07) is 4.30. The maximum atomic E-state index is 12.5. The van der Waals surface area contributed by atoms with Crippen molar-refractivity contribution in [2.75, 3.05) is 6.54 Å². The maximum Gasteiger partial charge on any atom is 0.326 e. The van der Waals surface area contributed by atoms with Crippen LogP contribution in [0.4, 0.5) is 0 Å². The van der Waals surface area contributed by atoms with E-state index in [2.05, 4.69) is 0 Å². The molecule has 2 atom stereocenters. The van der Waals surface area contributed by atoms with Crippen molar-refractivity contribution in [1.29, 1.82) is 0 Å². The van der Waals surface area contributed by atoms with E-state index >= 15 is 0 Å². The molecule has 0 bridgehead atoms. The molecular weight excluding hydrogens is 278 g/mol. The highest BCUT2D eigenvalue weighted by Gasteiger charge is 2.35. The molecule has 1 heterocycles. The molecule has 1 amide bonds. The van der Waals surface area contributed by atoms with Gasteiger partial charge in [-0.15, -0.1) is 0 Å². The van der Waals surface area contributed by atoms with Gasteiger partial charge in [-0.25, -0.2) is 4.79 Å². The molecule has 20 heavy (non-hydrogen) atoms. The maximum absolute atomic E-state index is 12.5. The predicted octanol–water partition coefficient (Wildman–Crippen LogP) is 2.97. The van der Waals surface area contributed by atoms with Crippen molar-refractivity contribution in [3.63, 3.8) is 0 Å². The Balaban J connectivity index is 2.26. The lowest BCUT2D eigenvalue weighted by molar-refractivity contribution is -0.144. The number of carbonyl (C=O) groups is 2. The van der Waals surface area contributed by atoms with Gasteiger partial charge in [-0.05, 0) is 49.4 Å². The molecule has 0 aromatic heterocycles. The third-order valence-electron chi connectivity index (χ3n) is 3.82. The molecule has 4 nitrogen and oxygen atoms in total. The van der Waals surface area contributed by atoms with Crippen LogP contribution in [-0.4, -0.2) is 34.5 Å². The van der Waals surface area contributed by atoms with Crippen LogP contribution in [0.15, 0.2) is 18.2 Å². The van der Waals surface area contributed by atoms with Crippen molar-refractivity contribution in [2.45, 2.75) is 32.7 Å². The number of likely N-dealkylation sites (tertiary alicyclic amines) is 1. The highest BCUT2D eigenvalue weighted by molar-refractivity contribution is 6.31. The van der Waals surface area contributed by atoms with E-state index in [1.165, 1.54) is 4.90 Å². The molecule has 0 saturated carbocycles. The summed E-state index contributed by atoms with van der Waals surface area (Å²) in [5.74, 6) is -0.841. The summed E-state index contributed by atoms with van der Waals surface area (Å²) in [6.07, 6.45) is 1.34. The zero-order valence-corrected chi connectivity index (χ0v) is 12.4. The summed E-state index contributed by atoms with van der Waals surface area (Å²) in [6.45, 7) is 4.33. The number of rotatable bonds is 2. The first kappa shape index (κ1) is 14.9. The molecule has 5 heteroatoms. The molecule has 0 spiro atoms. The lowest BCUT2D eigenvalue weighted by atomic mass is 9.92. The van der Waals surface area contributed by atoms with Crippen molar-refractivity contribution < 1.29 is 14.7 Å². The van der Waals surface area contributed by atoms with Gasteiger partial charge < -0.3 is 10.0 Å². The van der Waals surface area contributed by atoms with Crippen molar-refractivity contribution in [3.8, 4) is 0 Å². The third kappa shape index (κ3) is 2.96. The summed E-state index contributed by atoms with van der Waals surface area (Å²) in [5, 5.41) is 9.91. The first-order valence-corrected chi connectivity index (χ1v) is 7.08. The Kier molecular flexibility index (Phi) is 4.33. The summed E-state index contributed by atoms with van der Waals surface area (Å²) >= 11 is 5.95. The lowest BCUT2D eigenvalue weighted by Gasteiger charge is -2.36. The third-order valence-corrected chi connectivity index (χ3v) is 4.24. The molecule has 1 fully saturated rings. The average Bonchev–Trinajstić information content (AvgIpc) is 2.41. The first-order valence-electron chi connectivity index (χ1n) is 6.70. The summed E-state index contributed by atoms with van der Waals surface area (Å²) in [7, 11) is 0. The highest BCUT2D eigenvalue weighted by atomic mass is 35.5. The number of benzene rings is 1. The van der Waals surface area contributed by atoms with Crippen molar-refractivity contribution >= 4 is 23.5 Å². The van der Waals surface area contributed by atoms with Crippen LogP contribution in [0.3, 0.4) is 0 Å². The fraction of sp³-hybridized carbons (Fsp3) is 0.467. The number of carboxylic acids is 1. The molecule has 0 aliphatic carbocycles. The number of hydrogen-bond acceptors (Lipinski definition) is 2. The van der Waals surface area contributed by atoms with Gasteiger partial charge in [-0.2, -0.15) is 0 Å². The summed E-state index contributed by atoms with van der Waals surface area (Å²) in [4.78, 5) is 25.3. The predicted molar refractivity (Wildman–Crippen MR) is 77.0 cm³/mol. The van der Waals surface area contributed by atoms with Crippen LogP contribution in [-0.2, 0) is 4.79 Å². The molecule has 1 aromatic rings. The number of halogens is 1. The summed E-state index contributed by atoms with van der Waals surface area (Å²) in [5.41, 5.74) is 1.31. The first-order chi connectivity index (χ1) is 9.40. The Labute approximate surface area is 123 Å². The highest BCUT2D eigenvalue weighted by Crippen LogP contribution is 2.25. The largest absolute Gasteiger partial charge is 0.480 e. The SMILES string of the molecule is Cc1cc(C(=O)N2CCC(C)CC2C(=O)O)ccc1Cl. The minimum absolute atomic E-state index is 0.232. The monoisotopic (exact) mass is 295 g/mol. The Morgan fingerprint density at radius 1 is 1.40 bits per heavy atom. The van der Waals surface area contributed by atoms with Crippen molar-refractivity contribution in [1.82, 2.24) is 4.90 Å². The smallest absolute Gasteiger partial charge is 0.326 e. The van der Waals surface area contributed by atoms with Gasteiger partial charge in [0.15, 0.2) is 0 Å². The number of carbonyl (C=O) groups excluding carboxylic acids is 1. The van der Waals surface area contributed by atoms with E-state index in [0.29, 0.717) is 29.5 Å². The minimum atomic E-state index is -0.935. The van der Waals surface area contributed by atoms with E-state index in [-0.39, 0.29) is 5.91 Å². The molecule has 1 aliphatic rings. The molecule has 1 saturated heterocycles. The van der Waals surface area contributed by atoms with Gasteiger partial charge in [0.05, 0.1) is 0 Å². The van der Waals surface area contributed by atoms with Crippen LogP contribution in [0, 0.1) is 12.8 Å². The molecule has 1 aromatic carbocycles. The van der Waals surface area contributed by atoms with Crippen LogP contribution in [0.2, 0.25) is 5.02 Å². The molecule has 0 radical (unpaired) electrons. The Morgan fingerprint density at radius 3 is 2.70 bits per heavy atom. The van der Waals surface area contributed by atoms with Gasteiger partial charge in [0.2, 0.25) is 0 Å². The number of aliphatic carboxylic acids is 1. The Morgan fingerprint density at radius 2 is 2.10 bits per heavy atom. The second kappa shape index (κ2) is 5.83. The van der Waals surface area contributed by atoms with E-state index in [9.17, 15) is 14.7 Å². The minimum Gasteiger partial charge on any atom is -0.480 e. The molecular formula is C15H18ClNO3. The van der Waals surface area contributed by atoms with E-state index < -0.39 is 12.0 Å². The normalized spacial score (nSPS) is 22.6. The fourth-order valence-corrected chi connectivity index (χ4v) is 2.68. The van der Waals surface area contributed by atoms with E-state index in [0.717, 1.165) is 12.0 Å². The molecule has 108 valence electrons. The second-order valence-electron chi connectivity index (χ2n) is 5.45. The fourth-order valence-electron chi connectivity index (χ4n) is 2.56. The van der Waals surface area contributed by atoms with Crippen LogP contribution >= 0.6 is 11.6 Å². The van der Waals surface area contributed by atoms with Gasteiger partial charge >= 0.3 is 5.97 Å². The van der Waals surface area contributed by atoms with Gasteiger partial charge in [-0.3, -0.25) is 4.79 Å². The quantitative estimate of drug-likeness (QED) is 0.912. The standard InChI is InChI=1S/C15H18ClNO3/c1-9-5-6-17(13(7-9)15(19)20)14(18)11-3-4-12(16)10(2)8-11/h3-4,8-9,13H,5-7H2,1-2H3,(H,19,20). The molecule has 2 unspecified atom stereocenters. The number of amides is 1. The van der Waals surface area contributed by atoms with Gasteiger partial charge in [0, 0.05) is 17.1 Å². The number of hydrogen-bond donors (Lipinski definition) is 1. The van der Waals surface area contributed by atoms with Crippen LogP contribution in [0.5, 0.6) is 0 Å². The van der Waals surface area contributed by atoms with Crippen molar-refractivity contribution in [2.24, 2.45) is 5.92 Å². The zero-order chi connectivity index (χ0) is 14.9. The lowest BCUT2D eigenvalue weighted by Crippen LogP contribution is -2.49. The Hall–Kier alpha value is -1.55. The Bertz CT molecular complexity index is 544. The van der Waals surface area contributed by atoms with E-state index in [4.69, 9.17) is 11.6 Å². The number of piperidine rings is 1. The van der Waals surface area contributed by atoms with E-state index in [1.54, 1.807) is 18.2 Å².